The molecule has 0 rings (SSSR count). The molecule has 0 saturated carbocycles. The van der Waals surface area contributed by atoms with Crippen LogP contribution in [-0.4, -0.2) is 29.1 Å². The van der Waals surface area contributed by atoms with Crippen LogP contribution >= 0.6 is 0 Å². The summed E-state index contributed by atoms with van der Waals surface area (Å²) in [5, 5.41) is 35.2. The molecule has 1 atom stereocenters. The summed E-state index contributed by atoms with van der Waals surface area (Å²) in [5.74, 6) is -5.81. The highest BCUT2D eigenvalue weighted by atomic mass is 16.4. The minimum Gasteiger partial charge on any atom is -0.547 e. The Bertz CT molecular complexity index is 181. The standard InChI is InChI=1S/C3H6O3.C2H2O4.3H3N/c1-2(4)3(5)6;3-1(4)2(5)6;;;/h2,4H,1H3,(H,5,6);(H,3,4)(H,5,6);3*1H3. The van der Waals surface area contributed by atoms with Gasteiger partial charge in [-0.1, -0.05) is 0 Å². The molecule has 0 radical (unpaired) electrons. The van der Waals surface area contributed by atoms with Gasteiger partial charge in [0, 0.05) is 0 Å². The third-order valence-electron chi connectivity index (χ3n) is 0.508. The van der Waals surface area contributed by atoms with Crippen LogP contribution in [-0.2, 0) is 14.4 Å². The summed E-state index contributed by atoms with van der Waals surface area (Å²) in [6.45, 7) is 1.13. The maximum Gasteiger partial charge on any atom is 0.0905 e. The minimum absolute atomic E-state index is 0. The molecule has 0 amide bonds. The highest BCUT2D eigenvalue weighted by Crippen LogP contribution is 1.69. The molecule has 0 aliphatic carbocycles. The number of aliphatic hydroxyl groups excluding tert-OH is 1. The fourth-order valence-electron chi connectivity index (χ4n) is 0. The Hall–Kier alpha value is -1.75. The Balaban J connectivity index is -0.0000000370. The van der Waals surface area contributed by atoms with Crippen molar-refractivity contribution in [3.63, 3.8) is 0 Å². The Labute approximate surface area is 85.3 Å². The fourth-order valence-corrected chi connectivity index (χ4v) is 0. The maximum absolute atomic E-state index is 9.34. The van der Waals surface area contributed by atoms with Crippen molar-refractivity contribution in [2.24, 2.45) is 0 Å². The zero-order valence-electron chi connectivity index (χ0n) is 8.97. The minimum atomic E-state index is -2.19. The number of carboxylic acid groups (broad SMARTS) is 3. The van der Waals surface area contributed by atoms with Crippen molar-refractivity contribution in [1.29, 1.82) is 0 Å². The molecule has 0 saturated heterocycles. The number of hydrogen-bond acceptors (Lipinski definition) is 7. The molecular formula is C5H17N3O7. The number of rotatable bonds is 1. The second-order valence-electron chi connectivity index (χ2n) is 1.57. The van der Waals surface area contributed by atoms with Gasteiger partial charge >= 0.3 is 0 Å². The smallest absolute Gasteiger partial charge is 0.0905 e. The van der Waals surface area contributed by atoms with Gasteiger partial charge in [0.15, 0.2) is 0 Å². The van der Waals surface area contributed by atoms with Crippen LogP contribution in [0.3, 0.4) is 0 Å². The van der Waals surface area contributed by atoms with E-state index in [-0.39, 0.29) is 18.5 Å². The average Bonchev–Trinajstić information content (AvgIpc) is 1.88. The fraction of sp³-hybridized carbons (Fsp3) is 0.400. The van der Waals surface area contributed by atoms with Crippen LogP contribution in [0.4, 0.5) is 0 Å². The number of carboxylic acids is 3. The summed E-state index contributed by atoms with van der Waals surface area (Å²) in [6, 6.07) is 0. The van der Waals surface area contributed by atoms with E-state index in [0.29, 0.717) is 0 Å². The lowest BCUT2D eigenvalue weighted by molar-refractivity contribution is -0.345. The Morgan fingerprint density at radius 2 is 1.07 bits per heavy atom. The summed E-state index contributed by atoms with van der Waals surface area (Å²) < 4.78 is 0. The molecule has 0 aliphatic rings. The van der Waals surface area contributed by atoms with Crippen molar-refractivity contribution >= 4 is 17.9 Å². The van der Waals surface area contributed by atoms with E-state index in [1.165, 1.54) is 0 Å². The van der Waals surface area contributed by atoms with E-state index < -0.39 is 24.0 Å². The van der Waals surface area contributed by atoms with Crippen LogP contribution in [0.5, 0.6) is 0 Å². The molecule has 0 heterocycles. The van der Waals surface area contributed by atoms with Gasteiger partial charge in [-0.05, 0) is 6.92 Å². The Kier molecular flexibility index (Phi) is 28.7. The van der Waals surface area contributed by atoms with Crippen LogP contribution < -0.4 is 33.8 Å². The van der Waals surface area contributed by atoms with E-state index in [0.717, 1.165) is 6.92 Å². The third kappa shape index (κ3) is 32.9. The molecule has 1 unspecified atom stereocenters. The molecule has 0 fully saturated rings. The van der Waals surface area contributed by atoms with Gasteiger partial charge in [0.25, 0.3) is 0 Å². The van der Waals surface area contributed by atoms with Crippen LogP contribution in [0.2, 0.25) is 0 Å². The monoisotopic (exact) mass is 231 g/mol. The second-order valence-corrected chi connectivity index (χ2v) is 1.57. The average molecular weight is 231 g/mol. The van der Waals surface area contributed by atoms with Crippen LogP contribution in [0.25, 0.3) is 0 Å². The zero-order valence-corrected chi connectivity index (χ0v) is 8.97. The van der Waals surface area contributed by atoms with E-state index in [1.54, 1.807) is 0 Å². The lowest BCUT2D eigenvalue weighted by Crippen LogP contribution is -2.42. The summed E-state index contributed by atoms with van der Waals surface area (Å²) in [6.07, 6.45) is -1.34. The topological polar surface area (TPSA) is 250 Å². The van der Waals surface area contributed by atoms with Crippen molar-refractivity contribution in [1.82, 2.24) is 18.5 Å². The van der Waals surface area contributed by atoms with Gasteiger partial charge < -0.3 is 53.3 Å². The van der Waals surface area contributed by atoms with Crippen LogP contribution in [0.1, 0.15) is 6.92 Å². The molecule has 10 nitrogen and oxygen atoms in total. The highest BCUT2D eigenvalue weighted by molar-refractivity contribution is 6.25. The van der Waals surface area contributed by atoms with Crippen molar-refractivity contribution in [2.75, 3.05) is 0 Å². The van der Waals surface area contributed by atoms with Gasteiger partial charge in [-0.15, -0.1) is 0 Å². The SMILES string of the molecule is CC(O)C(=O)[O-].O=C([O-])C(=O)[O-].[NH4+].[NH4+].[NH4+]. The molecule has 0 aromatic heterocycles. The summed E-state index contributed by atoms with van der Waals surface area (Å²) in [5.41, 5.74) is 0. The van der Waals surface area contributed by atoms with Gasteiger partial charge in [0.05, 0.1) is 24.0 Å². The van der Waals surface area contributed by atoms with Crippen LogP contribution in [0, 0.1) is 0 Å². The van der Waals surface area contributed by atoms with Gasteiger partial charge in [0.2, 0.25) is 0 Å². The maximum atomic E-state index is 9.34. The number of aliphatic hydroxyl groups is 1. The molecule has 10 heteroatoms. The molecule has 0 aliphatic heterocycles. The molecule has 13 N–H and O–H groups in total. The molecule has 15 heavy (non-hydrogen) atoms. The van der Waals surface area contributed by atoms with E-state index in [9.17, 15) is 9.90 Å². The summed E-state index contributed by atoms with van der Waals surface area (Å²) >= 11 is 0. The van der Waals surface area contributed by atoms with E-state index in [1.807, 2.05) is 0 Å². The number of carbonyl (C=O) groups excluding carboxylic acids is 3. The lowest BCUT2D eigenvalue weighted by atomic mass is 10.4. The third-order valence-corrected chi connectivity index (χ3v) is 0.508. The quantitative estimate of drug-likeness (QED) is 0.322. The Morgan fingerprint density at radius 3 is 1.07 bits per heavy atom. The summed E-state index contributed by atoms with van der Waals surface area (Å²) in [7, 11) is 0. The molecule has 0 spiro atoms. The number of hydrogen-bond donors (Lipinski definition) is 4. The molecule has 94 valence electrons. The van der Waals surface area contributed by atoms with Crippen molar-refractivity contribution < 1.29 is 34.8 Å². The van der Waals surface area contributed by atoms with E-state index in [2.05, 4.69) is 0 Å². The second kappa shape index (κ2) is 14.8. The van der Waals surface area contributed by atoms with E-state index in [4.69, 9.17) is 24.9 Å². The molecule has 0 aromatic rings. The molecular weight excluding hydrogens is 214 g/mol. The lowest BCUT2D eigenvalue weighted by Gasteiger charge is -2.00. The normalized spacial score (nSPS) is 8.40. The van der Waals surface area contributed by atoms with Crippen molar-refractivity contribution in [2.45, 2.75) is 13.0 Å². The van der Waals surface area contributed by atoms with Gasteiger partial charge in [-0.25, -0.2) is 0 Å². The number of carbonyl (C=O) groups is 3. The largest absolute Gasteiger partial charge is 0.547 e. The first-order valence-electron chi connectivity index (χ1n) is 2.60. The van der Waals surface area contributed by atoms with Crippen molar-refractivity contribution in [3.05, 3.63) is 0 Å². The molecule has 0 bridgehead atoms. The Morgan fingerprint density at radius 1 is 0.933 bits per heavy atom. The highest BCUT2D eigenvalue weighted by Gasteiger charge is 1.89. The van der Waals surface area contributed by atoms with Gasteiger partial charge in [-0.3, -0.25) is 0 Å². The van der Waals surface area contributed by atoms with E-state index >= 15 is 0 Å². The predicted molar refractivity (Wildman–Crippen MR) is 44.7 cm³/mol. The first-order chi connectivity index (χ1) is 5.29. The first kappa shape index (κ1) is 29.2. The first-order valence-corrected chi connectivity index (χ1v) is 2.60. The number of aliphatic carboxylic acids is 3. The zero-order chi connectivity index (χ0) is 10.3. The van der Waals surface area contributed by atoms with Gasteiger partial charge in [0.1, 0.15) is 0 Å². The van der Waals surface area contributed by atoms with Crippen LogP contribution in [0.15, 0.2) is 0 Å². The summed E-state index contributed by atoms with van der Waals surface area (Å²) in [4.78, 5) is 27.2. The number of quaternary nitrogens is 3. The van der Waals surface area contributed by atoms with Crippen molar-refractivity contribution in [3.8, 4) is 0 Å². The van der Waals surface area contributed by atoms with Gasteiger partial charge in [-0.2, -0.15) is 0 Å². The predicted octanol–water partition coefficient (Wildman–Crippen LogP) is -4.27. The molecule has 0 aromatic carbocycles.